The number of esters is 1. The lowest BCUT2D eigenvalue weighted by atomic mass is 9.92. The Morgan fingerprint density at radius 2 is 1.81 bits per heavy atom. The number of methoxy groups -OCH3 is 2. The first-order chi connectivity index (χ1) is 15.5. The van der Waals surface area contributed by atoms with Crippen LogP contribution in [0.15, 0.2) is 36.4 Å². The van der Waals surface area contributed by atoms with E-state index >= 15 is 0 Å². The van der Waals surface area contributed by atoms with Gasteiger partial charge in [0, 0.05) is 13.1 Å². The van der Waals surface area contributed by atoms with Crippen LogP contribution in [-0.2, 0) is 11.2 Å². The molecule has 0 amide bonds. The Morgan fingerprint density at radius 1 is 1.12 bits per heavy atom. The van der Waals surface area contributed by atoms with Gasteiger partial charge in [-0.1, -0.05) is 0 Å². The number of hydrogen-bond acceptors (Lipinski definition) is 6. The van der Waals surface area contributed by atoms with Crippen LogP contribution >= 0.6 is 12.2 Å². The van der Waals surface area contributed by atoms with Crippen LogP contribution in [0.4, 0.5) is 0 Å². The fourth-order valence-electron chi connectivity index (χ4n) is 3.78. The largest absolute Gasteiger partial charge is 0.493 e. The predicted molar refractivity (Wildman–Crippen MR) is 127 cm³/mol. The van der Waals surface area contributed by atoms with E-state index in [4.69, 9.17) is 31.2 Å². The first-order valence-corrected chi connectivity index (χ1v) is 11.1. The minimum Gasteiger partial charge on any atom is -0.493 e. The van der Waals surface area contributed by atoms with E-state index in [9.17, 15) is 4.79 Å². The first kappa shape index (κ1) is 23.7. The Morgan fingerprint density at radius 3 is 2.44 bits per heavy atom. The molecule has 2 aromatic carbocycles. The molecule has 0 saturated heterocycles. The highest BCUT2D eigenvalue weighted by Gasteiger charge is 2.31. The van der Waals surface area contributed by atoms with Crippen LogP contribution in [0.2, 0.25) is 0 Å². The molecule has 7 nitrogen and oxygen atoms in total. The van der Waals surface area contributed by atoms with E-state index < -0.39 is 0 Å². The van der Waals surface area contributed by atoms with Crippen molar-refractivity contribution >= 4 is 23.3 Å². The molecule has 1 heterocycles. The molecule has 0 radical (unpaired) electrons. The molecule has 3 rings (SSSR count). The molecule has 2 aromatic rings. The van der Waals surface area contributed by atoms with Gasteiger partial charge in [-0.15, -0.1) is 0 Å². The molecule has 1 N–H and O–H groups in total. The number of hydrogen-bond donors (Lipinski definition) is 1. The maximum absolute atomic E-state index is 11.9. The molecule has 0 aromatic heterocycles. The average molecular weight is 459 g/mol. The van der Waals surface area contributed by atoms with Crippen LogP contribution in [0.5, 0.6) is 17.2 Å². The normalized spacial score (nSPS) is 14.9. The molecule has 32 heavy (non-hydrogen) atoms. The molecule has 172 valence electrons. The summed E-state index contributed by atoms with van der Waals surface area (Å²) in [6.45, 7) is 6.04. The van der Waals surface area contributed by atoms with Crippen LogP contribution in [0, 0.1) is 0 Å². The summed E-state index contributed by atoms with van der Waals surface area (Å²) >= 11 is 5.64. The fourth-order valence-corrected chi connectivity index (χ4v) is 4.14. The number of carbonyl (C=O) groups is 1. The Bertz CT molecular complexity index is 948. The molecule has 8 heteroatoms. The maximum atomic E-state index is 11.9. The van der Waals surface area contributed by atoms with E-state index in [0.717, 1.165) is 25.1 Å². The van der Waals surface area contributed by atoms with Gasteiger partial charge in [0.1, 0.15) is 12.4 Å². The van der Waals surface area contributed by atoms with E-state index in [1.54, 1.807) is 45.4 Å². The summed E-state index contributed by atoms with van der Waals surface area (Å²) in [5, 5.41) is 3.95. The second-order valence-corrected chi connectivity index (χ2v) is 7.64. The van der Waals surface area contributed by atoms with Gasteiger partial charge in [-0.3, -0.25) is 0 Å². The Labute approximate surface area is 194 Å². The summed E-state index contributed by atoms with van der Waals surface area (Å²) in [6.07, 6.45) is 0.839. The van der Waals surface area contributed by atoms with E-state index in [1.165, 1.54) is 5.56 Å². The number of ether oxygens (including phenoxy) is 4. The third kappa shape index (κ3) is 5.24. The second-order valence-electron chi connectivity index (χ2n) is 7.26. The summed E-state index contributed by atoms with van der Waals surface area (Å²) in [7, 11) is 3.27. The van der Waals surface area contributed by atoms with Crippen molar-refractivity contribution in [2.75, 3.05) is 40.5 Å². The summed E-state index contributed by atoms with van der Waals surface area (Å²) < 4.78 is 22.2. The molecule has 0 unspecified atom stereocenters. The van der Waals surface area contributed by atoms with Gasteiger partial charge in [0.2, 0.25) is 0 Å². The molecular formula is C24H30N2O5S. The van der Waals surface area contributed by atoms with Gasteiger partial charge in [-0.25, -0.2) is 4.79 Å². The summed E-state index contributed by atoms with van der Waals surface area (Å²) in [5.74, 6) is 1.71. The van der Waals surface area contributed by atoms with Crippen molar-refractivity contribution in [1.29, 1.82) is 0 Å². The summed E-state index contributed by atoms with van der Waals surface area (Å²) in [5.41, 5.74) is 2.77. The Balaban J connectivity index is 1.85. The number of benzene rings is 2. The van der Waals surface area contributed by atoms with Crippen LogP contribution in [0.25, 0.3) is 0 Å². The van der Waals surface area contributed by atoms with E-state index in [0.29, 0.717) is 41.1 Å². The minimum atomic E-state index is -0.344. The molecule has 0 saturated carbocycles. The van der Waals surface area contributed by atoms with Gasteiger partial charge in [-0.05, 0) is 80.0 Å². The van der Waals surface area contributed by atoms with Crippen LogP contribution in [0.1, 0.15) is 41.4 Å². The second kappa shape index (κ2) is 11.0. The molecule has 0 aliphatic carbocycles. The topological polar surface area (TPSA) is 69.3 Å². The highest BCUT2D eigenvalue weighted by molar-refractivity contribution is 7.80. The molecule has 0 bridgehead atoms. The van der Waals surface area contributed by atoms with Crippen molar-refractivity contribution in [1.82, 2.24) is 10.2 Å². The van der Waals surface area contributed by atoms with Crippen LogP contribution in [-0.4, -0.2) is 56.5 Å². The predicted octanol–water partition coefficient (Wildman–Crippen LogP) is 3.75. The zero-order chi connectivity index (χ0) is 23.1. The van der Waals surface area contributed by atoms with Gasteiger partial charge in [0.25, 0.3) is 0 Å². The zero-order valence-electron chi connectivity index (χ0n) is 19.0. The van der Waals surface area contributed by atoms with Crippen molar-refractivity contribution < 1.29 is 23.7 Å². The lowest BCUT2D eigenvalue weighted by Crippen LogP contribution is -2.47. The maximum Gasteiger partial charge on any atom is 0.338 e. The molecule has 0 fully saturated rings. The van der Waals surface area contributed by atoms with Crippen molar-refractivity contribution in [3.05, 3.63) is 53.1 Å². The lowest BCUT2D eigenvalue weighted by Gasteiger charge is -2.39. The van der Waals surface area contributed by atoms with Crippen molar-refractivity contribution in [3.8, 4) is 17.2 Å². The van der Waals surface area contributed by atoms with Gasteiger partial charge in [0.05, 0.1) is 32.4 Å². The Hall–Kier alpha value is -3.00. The highest BCUT2D eigenvalue weighted by Crippen LogP contribution is 2.38. The molecule has 1 atom stereocenters. The van der Waals surface area contributed by atoms with Crippen LogP contribution < -0.4 is 19.5 Å². The number of fused-ring (bicyclic) bond motifs is 1. The number of thiocarbonyl (C=S) groups is 1. The minimum absolute atomic E-state index is 0.102. The van der Waals surface area contributed by atoms with E-state index in [2.05, 4.69) is 10.2 Å². The van der Waals surface area contributed by atoms with Crippen molar-refractivity contribution in [2.24, 2.45) is 0 Å². The molecule has 0 spiro atoms. The smallest absolute Gasteiger partial charge is 0.338 e. The Kier molecular flexibility index (Phi) is 8.16. The van der Waals surface area contributed by atoms with Gasteiger partial charge in [0.15, 0.2) is 16.6 Å². The van der Waals surface area contributed by atoms with Crippen molar-refractivity contribution in [2.45, 2.75) is 26.3 Å². The van der Waals surface area contributed by atoms with E-state index in [1.807, 2.05) is 19.1 Å². The van der Waals surface area contributed by atoms with Gasteiger partial charge in [-0.2, -0.15) is 0 Å². The van der Waals surface area contributed by atoms with Crippen molar-refractivity contribution in [3.63, 3.8) is 0 Å². The quantitative estimate of drug-likeness (QED) is 0.474. The van der Waals surface area contributed by atoms with E-state index in [-0.39, 0.29) is 12.0 Å². The zero-order valence-corrected chi connectivity index (χ0v) is 19.8. The number of nitrogens with zero attached hydrogens (tertiary/aromatic N) is 1. The molecular weight excluding hydrogens is 428 g/mol. The third-order valence-electron chi connectivity index (χ3n) is 5.36. The highest BCUT2D eigenvalue weighted by atomic mass is 32.1. The monoisotopic (exact) mass is 458 g/mol. The number of carbonyl (C=O) groups excluding carboxylic acids is 1. The van der Waals surface area contributed by atoms with Gasteiger partial charge >= 0.3 is 5.97 Å². The van der Waals surface area contributed by atoms with Gasteiger partial charge < -0.3 is 29.2 Å². The summed E-state index contributed by atoms with van der Waals surface area (Å²) in [4.78, 5) is 14.0. The average Bonchev–Trinajstić information content (AvgIpc) is 2.82. The standard InChI is InChI=1S/C24H30N2O5S/c1-5-25-24(32)26-12-11-17-13-21(28-3)22(29-4)14-19(17)20(26)15-31-18-9-7-16(8-10-18)23(27)30-6-2/h7-10,13-14,20H,5-6,11-12,15H2,1-4H3,(H,25,32)/t20-/m1/s1. The number of nitrogens with one attached hydrogen (secondary N) is 1. The fraction of sp³-hybridized carbons (Fsp3) is 0.417. The number of rotatable bonds is 8. The summed E-state index contributed by atoms with van der Waals surface area (Å²) in [6, 6.07) is 10.9. The molecule has 1 aliphatic rings. The van der Waals surface area contributed by atoms with Crippen LogP contribution in [0.3, 0.4) is 0 Å². The lowest BCUT2D eigenvalue weighted by molar-refractivity contribution is 0.0526. The third-order valence-corrected chi connectivity index (χ3v) is 5.74. The molecule has 1 aliphatic heterocycles. The SMILES string of the molecule is CCNC(=S)N1CCc2cc(OC)c(OC)cc2[C@H]1COc1ccc(C(=O)OCC)cc1. The first-order valence-electron chi connectivity index (χ1n) is 10.7.